The second kappa shape index (κ2) is 5.15. The quantitative estimate of drug-likeness (QED) is 0.571. The van der Waals surface area contributed by atoms with Gasteiger partial charge in [-0.15, -0.1) is 0 Å². The van der Waals surface area contributed by atoms with Crippen LogP contribution in [0.2, 0.25) is 0 Å². The average Bonchev–Trinajstić information content (AvgIpc) is 2.16. The van der Waals surface area contributed by atoms with Gasteiger partial charge in [0.15, 0.2) is 0 Å². The van der Waals surface area contributed by atoms with E-state index in [0.717, 1.165) is 0 Å². The van der Waals surface area contributed by atoms with Crippen molar-refractivity contribution in [3.63, 3.8) is 0 Å². The van der Waals surface area contributed by atoms with Crippen LogP contribution in [-0.2, 0) is 4.79 Å². The number of benzene rings is 1. The van der Waals surface area contributed by atoms with E-state index in [-0.39, 0.29) is 5.97 Å². The first-order valence-corrected chi connectivity index (χ1v) is 5.74. The Balaban J connectivity index is 3.12. The summed E-state index contributed by atoms with van der Waals surface area (Å²) in [6, 6.07) is 5.89. The van der Waals surface area contributed by atoms with E-state index < -0.39 is 0 Å². The molecule has 0 aromatic heterocycles. The Morgan fingerprint density at radius 1 is 1.06 bits per heavy atom. The maximum Gasteiger partial charge on any atom is 0.308 e. The van der Waals surface area contributed by atoms with Crippen molar-refractivity contribution in [2.24, 2.45) is 0 Å². The van der Waals surface area contributed by atoms with Gasteiger partial charge in [0.1, 0.15) is 5.75 Å². The van der Waals surface area contributed by atoms with Gasteiger partial charge in [0.25, 0.3) is 0 Å². The van der Waals surface area contributed by atoms with Crippen LogP contribution in [0.3, 0.4) is 0 Å². The molecule has 1 rings (SSSR count). The summed E-state index contributed by atoms with van der Waals surface area (Å²) in [5.74, 6) is 1.30. The molecule has 1 aromatic carbocycles. The van der Waals surface area contributed by atoms with Gasteiger partial charge in [-0.3, -0.25) is 4.79 Å². The molecule has 0 N–H and O–H groups in total. The van der Waals surface area contributed by atoms with Crippen LogP contribution in [0.1, 0.15) is 57.6 Å². The van der Waals surface area contributed by atoms with E-state index in [1.807, 2.05) is 12.1 Å². The first-order chi connectivity index (χ1) is 7.41. The van der Waals surface area contributed by atoms with Crippen LogP contribution in [0.5, 0.6) is 5.75 Å². The SMILES string of the molecule is CC(=O)Oc1ccc(C(C)C)c(C(C)C)c1. The second-order valence-electron chi connectivity index (χ2n) is 4.69. The van der Waals surface area contributed by atoms with E-state index in [1.165, 1.54) is 18.1 Å². The molecule has 0 heterocycles. The Bertz CT molecular complexity index is 378. The lowest BCUT2D eigenvalue weighted by Crippen LogP contribution is -2.04. The molecule has 0 atom stereocenters. The van der Waals surface area contributed by atoms with E-state index in [9.17, 15) is 4.79 Å². The molecule has 0 radical (unpaired) electrons. The molecule has 0 spiro atoms. The number of hydrogen-bond acceptors (Lipinski definition) is 2. The van der Waals surface area contributed by atoms with Crippen LogP contribution in [0, 0.1) is 0 Å². The Hall–Kier alpha value is -1.31. The van der Waals surface area contributed by atoms with Crippen LogP contribution in [0.25, 0.3) is 0 Å². The fraction of sp³-hybridized carbons (Fsp3) is 0.500. The fourth-order valence-electron chi connectivity index (χ4n) is 1.81. The summed E-state index contributed by atoms with van der Waals surface area (Å²) in [5, 5.41) is 0. The monoisotopic (exact) mass is 220 g/mol. The molecule has 0 unspecified atom stereocenters. The van der Waals surface area contributed by atoms with Gasteiger partial charge in [0.05, 0.1) is 0 Å². The Kier molecular flexibility index (Phi) is 4.11. The molecule has 1 aromatic rings. The molecule has 0 saturated heterocycles. The largest absolute Gasteiger partial charge is 0.427 e. The molecule has 0 fully saturated rings. The molecule has 0 aliphatic heterocycles. The van der Waals surface area contributed by atoms with Gasteiger partial charge < -0.3 is 4.74 Å². The predicted molar refractivity (Wildman–Crippen MR) is 65.9 cm³/mol. The van der Waals surface area contributed by atoms with Crippen molar-refractivity contribution in [3.8, 4) is 5.75 Å². The molecule has 0 amide bonds. The standard InChI is InChI=1S/C14H20O2/c1-9(2)13-7-6-12(16-11(5)15)8-14(13)10(3)4/h6-10H,1-5H3. The molecule has 0 bridgehead atoms. The maximum absolute atomic E-state index is 10.9. The lowest BCUT2D eigenvalue weighted by molar-refractivity contribution is -0.131. The average molecular weight is 220 g/mol. The zero-order valence-electron chi connectivity index (χ0n) is 10.7. The van der Waals surface area contributed by atoms with Crippen LogP contribution in [-0.4, -0.2) is 5.97 Å². The molecular weight excluding hydrogens is 200 g/mol. The summed E-state index contributed by atoms with van der Waals surface area (Å²) >= 11 is 0. The summed E-state index contributed by atoms with van der Waals surface area (Å²) in [7, 11) is 0. The van der Waals surface area contributed by atoms with Crippen LogP contribution >= 0.6 is 0 Å². The third-order valence-electron chi connectivity index (χ3n) is 2.56. The van der Waals surface area contributed by atoms with Crippen molar-refractivity contribution in [2.75, 3.05) is 0 Å². The van der Waals surface area contributed by atoms with Gasteiger partial charge in [-0.05, 0) is 35.1 Å². The van der Waals surface area contributed by atoms with E-state index >= 15 is 0 Å². The molecule has 0 aliphatic carbocycles. The minimum absolute atomic E-state index is 0.271. The zero-order valence-corrected chi connectivity index (χ0v) is 10.7. The summed E-state index contributed by atoms with van der Waals surface area (Å²) < 4.78 is 5.10. The van der Waals surface area contributed by atoms with Crippen molar-refractivity contribution < 1.29 is 9.53 Å². The molecule has 88 valence electrons. The smallest absolute Gasteiger partial charge is 0.308 e. The molecule has 16 heavy (non-hydrogen) atoms. The molecular formula is C14H20O2. The Morgan fingerprint density at radius 2 is 1.62 bits per heavy atom. The molecule has 2 heteroatoms. The van der Waals surface area contributed by atoms with E-state index in [2.05, 4.69) is 33.8 Å². The third-order valence-corrected chi connectivity index (χ3v) is 2.56. The van der Waals surface area contributed by atoms with E-state index in [1.54, 1.807) is 0 Å². The van der Waals surface area contributed by atoms with Crippen LogP contribution in [0.15, 0.2) is 18.2 Å². The van der Waals surface area contributed by atoms with Gasteiger partial charge in [-0.1, -0.05) is 33.8 Å². The maximum atomic E-state index is 10.9. The highest BCUT2D eigenvalue weighted by Gasteiger charge is 2.11. The molecule has 0 aliphatic rings. The van der Waals surface area contributed by atoms with Gasteiger partial charge >= 0.3 is 5.97 Å². The van der Waals surface area contributed by atoms with Crippen molar-refractivity contribution >= 4 is 5.97 Å². The number of hydrogen-bond donors (Lipinski definition) is 0. The van der Waals surface area contributed by atoms with Gasteiger partial charge in [0, 0.05) is 6.92 Å². The lowest BCUT2D eigenvalue weighted by Gasteiger charge is -2.16. The van der Waals surface area contributed by atoms with Crippen LogP contribution in [0.4, 0.5) is 0 Å². The molecule has 2 nitrogen and oxygen atoms in total. The number of ether oxygens (including phenoxy) is 1. The Morgan fingerprint density at radius 3 is 2.06 bits per heavy atom. The number of rotatable bonds is 3. The van der Waals surface area contributed by atoms with Crippen molar-refractivity contribution in [1.82, 2.24) is 0 Å². The highest BCUT2D eigenvalue weighted by molar-refractivity contribution is 5.69. The van der Waals surface area contributed by atoms with Gasteiger partial charge in [0.2, 0.25) is 0 Å². The van der Waals surface area contributed by atoms with Crippen LogP contribution < -0.4 is 4.74 Å². The summed E-state index contributed by atoms with van der Waals surface area (Å²) in [6.45, 7) is 10.1. The van der Waals surface area contributed by atoms with Crippen molar-refractivity contribution in [3.05, 3.63) is 29.3 Å². The van der Waals surface area contributed by atoms with Gasteiger partial charge in [-0.2, -0.15) is 0 Å². The highest BCUT2D eigenvalue weighted by atomic mass is 16.5. The first-order valence-electron chi connectivity index (χ1n) is 5.74. The second-order valence-corrected chi connectivity index (χ2v) is 4.69. The number of carbonyl (C=O) groups excluding carboxylic acids is 1. The van der Waals surface area contributed by atoms with E-state index in [4.69, 9.17) is 4.74 Å². The normalized spacial score (nSPS) is 10.9. The summed E-state index contributed by atoms with van der Waals surface area (Å²) in [6.07, 6.45) is 0. The topological polar surface area (TPSA) is 26.3 Å². The summed E-state index contributed by atoms with van der Waals surface area (Å²) in [4.78, 5) is 10.9. The fourth-order valence-corrected chi connectivity index (χ4v) is 1.81. The lowest BCUT2D eigenvalue weighted by atomic mass is 9.90. The minimum Gasteiger partial charge on any atom is -0.427 e. The predicted octanol–water partition coefficient (Wildman–Crippen LogP) is 3.86. The van der Waals surface area contributed by atoms with Crippen molar-refractivity contribution in [2.45, 2.75) is 46.5 Å². The zero-order chi connectivity index (χ0) is 12.3. The summed E-state index contributed by atoms with van der Waals surface area (Å²) in [5.41, 5.74) is 2.58. The van der Waals surface area contributed by atoms with E-state index in [0.29, 0.717) is 17.6 Å². The minimum atomic E-state index is -0.271. The third kappa shape index (κ3) is 3.09. The van der Waals surface area contributed by atoms with Gasteiger partial charge in [-0.25, -0.2) is 0 Å². The first kappa shape index (κ1) is 12.8. The number of carbonyl (C=O) groups is 1. The Labute approximate surface area is 97.6 Å². The molecule has 0 saturated carbocycles. The number of esters is 1. The van der Waals surface area contributed by atoms with Crippen molar-refractivity contribution in [1.29, 1.82) is 0 Å². The highest BCUT2D eigenvalue weighted by Crippen LogP contribution is 2.29.